The highest BCUT2D eigenvalue weighted by Gasteiger charge is 2.09. The van der Waals surface area contributed by atoms with Crippen LogP contribution in [0, 0.1) is 5.25 Å². The van der Waals surface area contributed by atoms with Gasteiger partial charge < -0.3 is 0 Å². The quantitative estimate of drug-likeness (QED) is 0.515. The molecule has 0 aliphatic heterocycles. The summed E-state index contributed by atoms with van der Waals surface area (Å²) < 4.78 is 27.7. The zero-order chi connectivity index (χ0) is 6.08. The summed E-state index contributed by atoms with van der Waals surface area (Å²) in [5, 5.41) is 0.0208. The van der Waals surface area contributed by atoms with Gasteiger partial charge in [0, 0.05) is 0 Å². The third-order valence-electron chi connectivity index (χ3n) is 0.516. The third kappa shape index (κ3) is 2.59. The average Bonchev–Trinajstić information content (AvgIpc) is 1.31. The fraction of sp³-hybridized carbons (Fsp3) is 0.667. The Morgan fingerprint density at radius 1 is 1.43 bits per heavy atom. The van der Waals surface area contributed by atoms with Gasteiger partial charge in [-0.05, 0) is 13.8 Å². The van der Waals surface area contributed by atoms with Crippen LogP contribution in [0.1, 0.15) is 13.8 Å². The van der Waals surface area contributed by atoms with E-state index in [9.17, 15) is 8.42 Å². The Morgan fingerprint density at radius 2 is 1.57 bits per heavy atom. The molecular weight excluding hydrogens is 116 g/mol. The standard InChI is InChI=1S/C3H7O3S/c1-3(2)7(4,5)6/h1-2H3,(H,4,5,6). The Hall–Kier alpha value is -0.0900. The summed E-state index contributed by atoms with van der Waals surface area (Å²) in [7, 11) is -3.82. The normalized spacial score (nSPS) is 12.6. The van der Waals surface area contributed by atoms with Crippen LogP contribution < -0.4 is 0 Å². The third-order valence-corrected chi connectivity index (χ3v) is 1.55. The first-order valence-electron chi connectivity index (χ1n) is 1.72. The van der Waals surface area contributed by atoms with Gasteiger partial charge in [-0.2, -0.15) is 8.42 Å². The molecule has 0 bridgehead atoms. The van der Waals surface area contributed by atoms with Crippen LogP contribution in [-0.4, -0.2) is 13.0 Å². The summed E-state index contributed by atoms with van der Waals surface area (Å²) in [6, 6.07) is 0. The number of hydrogen-bond acceptors (Lipinski definition) is 2. The molecule has 0 fully saturated rings. The van der Waals surface area contributed by atoms with E-state index in [1.807, 2.05) is 0 Å². The van der Waals surface area contributed by atoms with Crippen molar-refractivity contribution in [1.82, 2.24) is 0 Å². The largest absolute Gasteiger partial charge is 0.285 e. The lowest BCUT2D eigenvalue weighted by Crippen LogP contribution is -2.02. The summed E-state index contributed by atoms with van der Waals surface area (Å²) >= 11 is 0. The van der Waals surface area contributed by atoms with Gasteiger partial charge in [0.2, 0.25) is 0 Å². The molecule has 0 aliphatic rings. The van der Waals surface area contributed by atoms with Crippen LogP contribution in [0.4, 0.5) is 0 Å². The lowest BCUT2D eigenvalue weighted by Gasteiger charge is -1.93. The molecule has 7 heavy (non-hydrogen) atoms. The van der Waals surface area contributed by atoms with Crippen molar-refractivity contribution in [3.63, 3.8) is 0 Å². The van der Waals surface area contributed by atoms with Crippen molar-refractivity contribution in [3.05, 3.63) is 5.25 Å². The molecule has 1 N–H and O–H groups in total. The van der Waals surface area contributed by atoms with Gasteiger partial charge in [-0.15, -0.1) is 0 Å². The maximum Gasteiger partial charge on any atom is 0.271 e. The van der Waals surface area contributed by atoms with E-state index in [1.165, 1.54) is 13.8 Å². The minimum absolute atomic E-state index is 0.0208. The summed E-state index contributed by atoms with van der Waals surface area (Å²) in [6.45, 7) is 2.66. The van der Waals surface area contributed by atoms with Crippen molar-refractivity contribution >= 4 is 10.1 Å². The van der Waals surface area contributed by atoms with Gasteiger partial charge in [-0.25, -0.2) is 0 Å². The molecule has 0 saturated heterocycles. The molecule has 0 saturated carbocycles. The van der Waals surface area contributed by atoms with Crippen LogP contribution in [0.25, 0.3) is 0 Å². The second kappa shape index (κ2) is 1.79. The first-order valence-corrected chi connectivity index (χ1v) is 3.16. The molecule has 4 heteroatoms. The second-order valence-electron chi connectivity index (χ2n) is 1.38. The maximum absolute atomic E-state index is 9.85. The molecule has 0 aliphatic carbocycles. The Bertz CT molecular complexity index is 132. The summed E-state index contributed by atoms with van der Waals surface area (Å²) in [5.41, 5.74) is 0. The van der Waals surface area contributed by atoms with Crippen LogP contribution in [0.2, 0.25) is 0 Å². The highest BCUT2D eigenvalue weighted by atomic mass is 32.2. The Morgan fingerprint density at radius 3 is 1.57 bits per heavy atom. The highest BCUT2D eigenvalue weighted by molar-refractivity contribution is 7.88. The molecule has 0 aromatic carbocycles. The molecule has 0 rings (SSSR count). The van der Waals surface area contributed by atoms with E-state index < -0.39 is 10.1 Å². The Kier molecular flexibility index (Phi) is 1.77. The SMILES string of the molecule is C[C](C)S(=O)(=O)O. The predicted molar refractivity (Wildman–Crippen MR) is 26.1 cm³/mol. The van der Waals surface area contributed by atoms with Crippen molar-refractivity contribution in [2.75, 3.05) is 0 Å². The van der Waals surface area contributed by atoms with E-state index in [4.69, 9.17) is 4.55 Å². The Labute approximate surface area is 43.1 Å². The monoisotopic (exact) mass is 123 g/mol. The molecule has 0 unspecified atom stereocenters. The van der Waals surface area contributed by atoms with Gasteiger partial charge >= 0.3 is 0 Å². The topological polar surface area (TPSA) is 54.4 Å². The zero-order valence-corrected chi connectivity index (χ0v) is 4.99. The van der Waals surface area contributed by atoms with E-state index in [0.29, 0.717) is 0 Å². The van der Waals surface area contributed by atoms with Gasteiger partial charge in [0.25, 0.3) is 10.1 Å². The lowest BCUT2D eigenvalue weighted by molar-refractivity contribution is 0.484. The van der Waals surface area contributed by atoms with Crippen molar-refractivity contribution < 1.29 is 13.0 Å². The van der Waals surface area contributed by atoms with Crippen LogP contribution in [0.5, 0.6) is 0 Å². The molecule has 0 heterocycles. The number of rotatable bonds is 1. The van der Waals surface area contributed by atoms with Crippen molar-refractivity contribution in [3.8, 4) is 0 Å². The molecule has 0 aromatic heterocycles. The minimum Gasteiger partial charge on any atom is -0.285 e. The van der Waals surface area contributed by atoms with Crippen LogP contribution in [-0.2, 0) is 10.1 Å². The molecule has 43 valence electrons. The smallest absolute Gasteiger partial charge is 0.271 e. The van der Waals surface area contributed by atoms with E-state index >= 15 is 0 Å². The fourth-order valence-corrected chi connectivity index (χ4v) is 0. The molecule has 3 nitrogen and oxygen atoms in total. The van der Waals surface area contributed by atoms with E-state index in [-0.39, 0.29) is 5.25 Å². The summed E-state index contributed by atoms with van der Waals surface area (Å²) in [6.07, 6.45) is 0. The average molecular weight is 123 g/mol. The van der Waals surface area contributed by atoms with Crippen molar-refractivity contribution in [2.24, 2.45) is 0 Å². The molecule has 0 amide bonds. The summed E-state index contributed by atoms with van der Waals surface area (Å²) in [4.78, 5) is 0. The van der Waals surface area contributed by atoms with Gasteiger partial charge in [-0.3, -0.25) is 4.55 Å². The van der Waals surface area contributed by atoms with Crippen LogP contribution in [0.3, 0.4) is 0 Å². The van der Waals surface area contributed by atoms with Crippen molar-refractivity contribution in [1.29, 1.82) is 0 Å². The second-order valence-corrected chi connectivity index (χ2v) is 3.15. The molecule has 0 spiro atoms. The maximum atomic E-state index is 9.85. The van der Waals surface area contributed by atoms with Gasteiger partial charge in [-0.1, -0.05) is 0 Å². The minimum atomic E-state index is -3.82. The fourth-order valence-electron chi connectivity index (χ4n) is 0. The van der Waals surface area contributed by atoms with Crippen molar-refractivity contribution in [2.45, 2.75) is 13.8 Å². The first kappa shape index (κ1) is 6.91. The highest BCUT2D eigenvalue weighted by Crippen LogP contribution is 2.02. The predicted octanol–water partition coefficient (Wildman–Crippen LogP) is 0.446. The lowest BCUT2D eigenvalue weighted by atomic mass is 10.6. The molecule has 1 radical (unpaired) electrons. The first-order chi connectivity index (χ1) is 2.94. The summed E-state index contributed by atoms with van der Waals surface area (Å²) in [5.74, 6) is 0. The van der Waals surface area contributed by atoms with Gasteiger partial charge in [0.05, 0.1) is 0 Å². The number of hydrogen-bond donors (Lipinski definition) is 1. The molecule has 0 atom stereocenters. The van der Waals surface area contributed by atoms with E-state index in [2.05, 4.69) is 0 Å². The molecular formula is C3H7O3S. The molecule has 0 aromatic rings. The van der Waals surface area contributed by atoms with E-state index in [1.54, 1.807) is 0 Å². The zero-order valence-electron chi connectivity index (χ0n) is 4.17. The van der Waals surface area contributed by atoms with Crippen LogP contribution >= 0.6 is 0 Å². The van der Waals surface area contributed by atoms with Gasteiger partial charge in [0.1, 0.15) is 5.25 Å². The van der Waals surface area contributed by atoms with E-state index in [0.717, 1.165) is 0 Å². The van der Waals surface area contributed by atoms with Gasteiger partial charge in [0.15, 0.2) is 0 Å². The van der Waals surface area contributed by atoms with Crippen LogP contribution in [0.15, 0.2) is 0 Å². The Balaban J connectivity index is 4.10.